The van der Waals surface area contributed by atoms with Gasteiger partial charge in [-0.25, -0.2) is 9.48 Å². The van der Waals surface area contributed by atoms with Gasteiger partial charge in [0, 0.05) is 12.3 Å². The summed E-state index contributed by atoms with van der Waals surface area (Å²) in [7, 11) is 2.91. The van der Waals surface area contributed by atoms with Gasteiger partial charge in [0.2, 0.25) is 0 Å². The highest BCUT2D eigenvalue weighted by atomic mass is 16.5. The van der Waals surface area contributed by atoms with E-state index in [-0.39, 0.29) is 0 Å². The largest absolute Gasteiger partial charge is 0.493 e. The average Bonchev–Trinajstić information content (AvgIpc) is 3.20. The molecule has 6 heteroatoms. The van der Waals surface area contributed by atoms with Crippen molar-refractivity contribution in [3.63, 3.8) is 0 Å². The van der Waals surface area contributed by atoms with Gasteiger partial charge in [-0.2, -0.15) is 5.10 Å². The SMILES string of the molecule is COC(=O)/C=C/c1ccc(OCc2ccn(-c3ccccc3)n2)c(OC)c1. The fourth-order valence-electron chi connectivity index (χ4n) is 2.45. The van der Waals surface area contributed by atoms with Crippen LogP contribution in [-0.2, 0) is 16.1 Å². The van der Waals surface area contributed by atoms with Gasteiger partial charge in [0.15, 0.2) is 11.5 Å². The van der Waals surface area contributed by atoms with Crippen LogP contribution < -0.4 is 9.47 Å². The summed E-state index contributed by atoms with van der Waals surface area (Å²) in [6, 6.07) is 17.2. The van der Waals surface area contributed by atoms with E-state index >= 15 is 0 Å². The van der Waals surface area contributed by atoms with Crippen molar-refractivity contribution >= 4 is 12.0 Å². The Morgan fingerprint density at radius 3 is 2.63 bits per heavy atom. The highest BCUT2D eigenvalue weighted by Crippen LogP contribution is 2.29. The molecule has 0 spiro atoms. The number of rotatable bonds is 7. The van der Waals surface area contributed by atoms with Crippen molar-refractivity contribution in [3.8, 4) is 17.2 Å². The lowest BCUT2D eigenvalue weighted by atomic mass is 10.2. The molecule has 0 aliphatic carbocycles. The summed E-state index contributed by atoms with van der Waals surface area (Å²) in [6.45, 7) is 0.313. The van der Waals surface area contributed by atoms with Crippen LogP contribution in [0.25, 0.3) is 11.8 Å². The van der Waals surface area contributed by atoms with Crippen molar-refractivity contribution in [1.82, 2.24) is 9.78 Å². The molecule has 0 unspecified atom stereocenters. The van der Waals surface area contributed by atoms with E-state index in [0.717, 1.165) is 16.9 Å². The minimum absolute atomic E-state index is 0.313. The van der Waals surface area contributed by atoms with Crippen LogP contribution in [0.5, 0.6) is 11.5 Å². The molecule has 2 aromatic carbocycles. The van der Waals surface area contributed by atoms with Gasteiger partial charge >= 0.3 is 5.97 Å². The van der Waals surface area contributed by atoms with Crippen molar-refractivity contribution in [1.29, 1.82) is 0 Å². The van der Waals surface area contributed by atoms with Crippen LogP contribution in [0.2, 0.25) is 0 Å². The zero-order valence-corrected chi connectivity index (χ0v) is 15.2. The molecular formula is C21H20N2O4. The molecule has 3 aromatic rings. The third kappa shape index (κ3) is 4.76. The van der Waals surface area contributed by atoms with Crippen molar-refractivity contribution in [2.24, 2.45) is 0 Å². The molecule has 0 amide bonds. The van der Waals surface area contributed by atoms with Crippen LogP contribution in [0, 0.1) is 0 Å². The number of hydrogen-bond donors (Lipinski definition) is 0. The smallest absolute Gasteiger partial charge is 0.330 e. The molecule has 0 aliphatic heterocycles. The van der Waals surface area contributed by atoms with Gasteiger partial charge in [0.05, 0.1) is 19.9 Å². The van der Waals surface area contributed by atoms with E-state index in [2.05, 4.69) is 9.84 Å². The summed E-state index contributed by atoms with van der Waals surface area (Å²) >= 11 is 0. The third-order valence-corrected chi connectivity index (χ3v) is 3.84. The van der Waals surface area contributed by atoms with Crippen molar-refractivity contribution in [2.45, 2.75) is 6.61 Å². The van der Waals surface area contributed by atoms with E-state index in [9.17, 15) is 4.79 Å². The number of esters is 1. The number of hydrogen-bond acceptors (Lipinski definition) is 5. The van der Waals surface area contributed by atoms with E-state index in [1.807, 2.05) is 48.7 Å². The normalized spacial score (nSPS) is 10.7. The summed E-state index contributed by atoms with van der Waals surface area (Å²) < 4.78 is 17.6. The van der Waals surface area contributed by atoms with Crippen molar-refractivity contribution in [3.05, 3.63) is 78.1 Å². The molecule has 0 atom stereocenters. The number of aromatic nitrogens is 2. The van der Waals surface area contributed by atoms with Gasteiger partial charge in [-0.1, -0.05) is 24.3 Å². The van der Waals surface area contributed by atoms with Gasteiger partial charge in [-0.3, -0.25) is 0 Å². The number of carbonyl (C=O) groups excluding carboxylic acids is 1. The Hall–Kier alpha value is -3.54. The van der Waals surface area contributed by atoms with E-state index < -0.39 is 5.97 Å². The van der Waals surface area contributed by atoms with E-state index in [0.29, 0.717) is 18.1 Å². The fourth-order valence-corrected chi connectivity index (χ4v) is 2.45. The first-order valence-electron chi connectivity index (χ1n) is 8.36. The number of ether oxygens (including phenoxy) is 3. The third-order valence-electron chi connectivity index (χ3n) is 3.84. The minimum atomic E-state index is -0.414. The Kier molecular flexibility index (Phi) is 5.89. The lowest BCUT2D eigenvalue weighted by molar-refractivity contribution is -0.134. The van der Waals surface area contributed by atoms with Gasteiger partial charge in [-0.15, -0.1) is 0 Å². The lowest BCUT2D eigenvalue weighted by Gasteiger charge is -2.10. The Morgan fingerprint density at radius 2 is 1.89 bits per heavy atom. The topological polar surface area (TPSA) is 62.6 Å². The van der Waals surface area contributed by atoms with Gasteiger partial charge < -0.3 is 14.2 Å². The molecule has 0 N–H and O–H groups in total. The molecule has 0 bridgehead atoms. The zero-order valence-electron chi connectivity index (χ0n) is 15.2. The first-order chi connectivity index (χ1) is 13.2. The van der Waals surface area contributed by atoms with Crippen LogP contribution in [0.15, 0.2) is 66.9 Å². The first-order valence-corrected chi connectivity index (χ1v) is 8.36. The molecule has 0 saturated carbocycles. The number of methoxy groups -OCH3 is 2. The first kappa shape index (κ1) is 18.3. The van der Waals surface area contributed by atoms with Crippen LogP contribution >= 0.6 is 0 Å². The molecule has 27 heavy (non-hydrogen) atoms. The fraction of sp³-hybridized carbons (Fsp3) is 0.143. The summed E-state index contributed by atoms with van der Waals surface area (Å²) in [4.78, 5) is 11.2. The maximum absolute atomic E-state index is 11.2. The van der Waals surface area contributed by atoms with Gasteiger partial charge in [0.1, 0.15) is 12.3 Å². The predicted octanol–water partition coefficient (Wildman–Crippen LogP) is 3.65. The van der Waals surface area contributed by atoms with E-state index in [4.69, 9.17) is 9.47 Å². The molecule has 0 radical (unpaired) electrons. The van der Waals surface area contributed by atoms with Gasteiger partial charge in [-0.05, 0) is 42.0 Å². The Labute approximate surface area is 157 Å². The number of nitrogens with zero attached hydrogens (tertiary/aromatic N) is 2. The number of carbonyl (C=O) groups is 1. The molecule has 0 fully saturated rings. The minimum Gasteiger partial charge on any atom is -0.493 e. The van der Waals surface area contributed by atoms with Crippen LogP contribution in [0.4, 0.5) is 0 Å². The van der Waals surface area contributed by atoms with Gasteiger partial charge in [0.25, 0.3) is 0 Å². The van der Waals surface area contributed by atoms with E-state index in [1.54, 1.807) is 30.0 Å². The van der Waals surface area contributed by atoms with Crippen LogP contribution in [-0.4, -0.2) is 30.0 Å². The second kappa shape index (κ2) is 8.71. The summed E-state index contributed by atoms with van der Waals surface area (Å²) in [5, 5.41) is 4.52. The highest BCUT2D eigenvalue weighted by Gasteiger charge is 2.07. The molecule has 138 valence electrons. The summed E-state index contributed by atoms with van der Waals surface area (Å²) in [5.74, 6) is 0.759. The van der Waals surface area contributed by atoms with Crippen LogP contribution in [0.1, 0.15) is 11.3 Å². The Morgan fingerprint density at radius 1 is 1.07 bits per heavy atom. The Balaban J connectivity index is 1.68. The summed E-state index contributed by atoms with van der Waals surface area (Å²) in [5.41, 5.74) is 2.59. The maximum atomic E-state index is 11.2. The monoisotopic (exact) mass is 364 g/mol. The second-order valence-corrected chi connectivity index (χ2v) is 5.64. The predicted molar refractivity (Wildman–Crippen MR) is 102 cm³/mol. The summed E-state index contributed by atoms with van der Waals surface area (Å²) in [6.07, 6.45) is 4.90. The molecule has 1 heterocycles. The van der Waals surface area contributed by atoms with Crippen molar-refractivity contribution in [2.75, 3.05) is 14.2 Å². The molecular weight excluding hydrogens is 344 g/mol. The molecule has 0 aliphatic rings. The lowest BCUT2D eigenvalue weighted by Crippen LogP contribution is -2.01. The van der Waals surface area contributed by atoms with E-state index in [1.165, 1.54) is 13.2 Å². The second-order valence-electron chi connectivity index (χ2n) is 5.64. The number of para-hydroxylation sites is 1. The maximum Gasteiger partial charge on any atom is 0.330 e. The van der Waals surface area contributed by atoms with Crippen LogP contribution in [0.3, 0.4) is 0 Å². The zero-order chi connectivity index (χ0) is 19.1. The molecule has 6 nitrogen and oxygen atoms in total. The standard InChI is InChI=1S/C21H20N2O4/c1-25-20-14-16(9-11-21(24)26-2)8-10-19(20)27-15-17-12-13-23(22-17)18-6-4-3-5-7-18/h3-14H,15H2,1-2H3/b11-9+. The molecule has 0 saturated heterocycles. The quantitative estimate of drug-likeness (QED) is 0.473. The Bertz CT molecular complexity index is 932. The average molecular weight is 364 g/mol. The molecule has 1 aromatic heterocycles. The molecule has 3 rings (SSSR count). The highest BCUT2D eigenvalue weighted by molar-refractivity contribution is 5.87. The van der Waals surface area contributed by atoms with Crippen molar-refractivity contribution < 1.29 is 19.0 Å². The number of benzene rings is 2.